The van der Waals surface area contributed by atoms with Gasteiger partial charge in [0.25, 0.3) is 6.43 Å². The molecule has 0 unspecified atom stereocenters. The topological polar surface area (TPSA) is 33.1 Å². The zero-order valence-electron chi connectivity index (χ0n) is 6.98. The number of rotatable bonds is 3. The first-order chi connectivity index (χ1) is 6.60. The highest BCUT2D eigenvalue weighted by molar-refractivity contribution is 9.08. The molecule has 0 radical (unpaired) electrons. The molecule has 0 aromatic carbocycles. The van der Waals surface area contributed by atoms with Gasteiger partial charge in [0, 0.05) is 15.9 Å². The van der Waals surface area contributed by atoms with E-state index >= 15 is 0 Å². The van der Waals surface area contributed by atoms with Gasteiger partial charge < -0.3 is 5.11 Å². The lowest BCUT2D eigenvalue weighted by Crippen LogP contribution is -2.01. The van der Waals surface area contributed by atoms with Gasteiger partial charge in [-0.05, 0) is 6.07 Å². The Balaban J connectivity index is 3.24. The summed E-state index contributed by atoms with van der Waals surface area (Å²) >= 11 is 8.79. The predicted molar refractivity (Wildman–Crippen MR) is 52.8 cm³/mol. The van der Waals surface area contributed by atoms with Gasteiger partial charge in [-0.3, -0.25) is 4.98 Å². The van der Waals surface area contributed by atoms with Crippen LogP contribution >= 0.6 is 27.5 Å². The molecule has 0 aliphatic carbocycles. The van der Waals surface area contributed by atoms with Crippen LogP contribution in [0.25, 0.3) is 0 Å². The molecular weight excluding hydrogens is 279 g/mol. The Bertz CT molecular complexity index is 335. The van der Waals surface area contributed by atoms with Crippen LogP contribution in [0.5, 0.6) is 0 Å². The number of halogens is 4. The first-order valence-electron chi connectivity index (χ1n) is 3.73. The molecule has 0 spiro atoms. The van der Waals surface area contributed by atoms with Crippen LogP contribution in [-0.4, -0.2) is 10.1 Å². The summed E-state index contributed by atoms with van der Waals surface area (Å²) in [6.45, 7) is -0.309. The maximum atomic E-state index is 12.3. The van der Waals surface area contributed by atoms with Crippen molar-refractivity contribution in [2.45, 2.75) is 18.4 Å². The molecule has 1 aromatic rings. The second kappa shape index (κ2) is 5.00. The van der Waals surface area contributed by atoms with Crippen LogP contribution in [0.15, 0.2) is 6.07 Å². The largest absolute Gasteiger partial charge is 0.392 e. The normalized spacial score (nSPS) is 11.0. The lowest BCUT2D eigenvalue weighted by atomic mass is 10.2. The number of aliphatic hydroxyl groups is 1. The molecule has 0 aliphatic heterocycles. The van der Waals surface area contributed by atoms with Crippen molar-refractivity contribution in [1.82, 2.24) is 4.98 Å². The van der Waals surface area contributed by atoms with Gasteiger partial charge in [0.2, 0.25) is 0 Å². The van der Waals surface area contributed by atoms with Crippen molar-refractivity contribution in [2.24, 2.45) is 0 Å². The minimum atomic E-state index is -2.65. The second-order valence-corrected chi connectivity index (χ2v) is 3.51. The molecule has 1 heterocycles. The third-order valence-corrected chi connectivity index (χ3v) is 2.55. The lowest BCUT2D eigenvalue weighted by molar-refractivity contribution is 0.145. The van der Waals surface area contributed by atoms with Crippen LogP contribution < -0.4 is 0 Å². The number of aliphatic hydroxyl groups excluding tert-OH is 1. The number of aromatic nitrogens is 1. The highest BCUT2D eigenvalue weighted by Crippen LogP contribution is 2.26. The molecule has 0 saturated carbocycles. The zero-order chi connectivity index (χ0) is 10.7. The van der Waals surface area contributed by atoms with E-state index in [1.807, 2.05) is 0 Å². The molecule has 0 amide bonds. The van der Waals surface area contributed by atoms with E-state index in [0.717, 1.165) is 6.07 Å². The van der Waals surface area contributed by atoms with Gasteiger partial charge in [0.15, 0.2) is 0 Å². The number of hydrogen-bond acceptors (Lipinski definition) is 2. The Hall–Kier alpha value is -0.260. The summed E-state index contributed by atoms with van der Waals surface area (Å²) in [7, 11) is 0. The van der Waals surface area contributed by atoms with E-state index in [0.29, 0.717) is 11.3 Å². The number of alkyl halides is 3. The highest BCUT2D eigenvalue weighted by Gasteiger charge is 2.15. The quantitative estimate of drug-likeness (QED) is 0.866. The minimum Gasteiger partial charge on any atom is -0.392 e. The Kier molecular flexibility index (Phi) is 4.22. The highest BCUT2D eigenvalue weighted by atomic mass is 79.9. The fourth-order valence-corrected chi connectivity index (χ4v) is 1.74. The predicted octanol–water partition coefficient (Wildman–Crippen LogP) is 3.06. The first kappa shape index (κ1) is 11.8. The van der Waals surface area contributed by atoms with Crippen LogP contribution in [-0.2, 0) is 11.9 Å². The second-order valence-electron chi connectivity index (χ2n) is 2.55. The van der Waals surface area contributed by atoms with Crippen LogP contribution in [0.4, 0.5) is 8.78 Å². The molecule has 1 aromatic heterocycles. The molecule has 1 rings (SSSR count). The molecule has 0 bridgehead atoms. The number of pyridine rings is 1. The van der Waals surface area contributed by atoms with Gasteiger partial charge in [-0.1, -0.05) is 27.5 Å². The molecule has 78 valence electrons. The first-order valence-corrected chi connectivity index (χ1v) is 5.23. The van der Waals surface area contributed by atoms with Gasteiger partial charge >= 0.3 is 0 Å². The number of nitrogens with zero attached hydrogens (tertiary/aromatic N) is 1. The fourth-order valence-electron chi connectivity index (χ4n) is 0.999. The Morgan fingerprint density at radius 2 is 2.21 bits per heavy atom. The third-order valence-electron chi connectivity index (χ3n) is 1.68. The maximum absolute atomic E-state index is 12.3. The van der Waals surface area contributed by atoms with Gasteiger partial charge in [-0.2, -0.15) is 0 Å². The summed E-state index contributed by atoms with van der Waals surface area (Å²) in [6.07, 6.45) is -2.65. The molecule has 14 heavy (non-hydrogen) atoms. The summed E-state index contributed by atoms with van der Waals surface area (Å²) in [6, 6.07) is 1.07. The molecular formula is C8H7BrClF2NO. The number of hydrogen-bond donors (Lipinski definition) is 1. The molecule has 0 fully saturated rings. The third kappa shape index (κ3) is 2.40. The van der Waals surface area contributed by atoms with Crippen molar-refractivity contribution in [3.8, 4) is 0 Å². The van der Waals surface area contributed by atoms with Crippen molar-refractivity contribution >= 4 is 27.5 Å². The SMILES string of the molecule is OCc1c(Cl)cc(C(F)F)nc1CBr. The summed E-state index contributed by atoms with van der Waals surface area (Å²) < 4.78 is 24.6. The Labute approximate surface area is 93.0 Å². The van der Waals surface area contributed by atoms with Crippen LogP contribution in [0.2, 0.25) is 5.02 Å². The van der Waals surface area contributed by atoms with Crippen molar-refractivity contribution in [2.75, 3.05) is 0 Å². The van der Waals surface area contributed by atoms with Gasteiger partial charge in [0.1, 0.15) is 5.69 Å². The lowest BCUT2D eigenvalue weighted by Gasteiger charge is -2.08. The fraction of sp³-hybridized carbons (Fsp3) is 0.375. The van der Waals surface area contributed by atoms with E-state index in [-0.39, 0.29) is 22.7 Å². The molecule has 0 aliphatic rings. The molecule has 1 N–H and O–H groups in total. The monoisotopic (exact) mass is 285 g/mol. The molecule has 0 atom stereocenters. The molecule has 2 nitrogen and oxygen atoms in total. The van der Waals surface area contributed by atoms with Gasteiger partial charge in [0.05, 0.1) is 12.3 Å². The van der Waals surface area contributed by atoms with Crippen molar-refractivity contribution < 1.29 is 13.9 Å². The molecule has 6 heteroatoms. The summed E-state index contributed by atoms with van der Waals surface area (Å²) in [5, 5.41) is 9.33. The summed E-state index contributed by atoms with van der Waals surface area (Å²) in [5.74, 6) is 0. The van der Waals surface area contributed by atoms with E-state index < -0.39 is 6.43 Å². The van der Waals surface area contributed by atoms with Gasteiger partial charge in [-0.15, -0.1) is 0 Å². The minimum absolute atomic E-state index is 0.118. The average Bonchev–Trinajstić information content (AvgIpc) is 2.16. The van der Waals surface area contributed by atoms with Crippen LogP contribution in [0.1, 0.15) is 23.4 Å². The van der Waals surface area contributed by atoms with Crippen LogP contribution in [0, 0.1) is 0 Å². The van der Waals surface area contributed by atoms with E-state index in [9.17, 15) is 8.78 Å². The summed E-state index contributed by atoms with van der Waals surface area (Å²) in [4.78, 5) is 3.68. The van der Waals surface area contributed by atoms with E-state index in [2.05, 4.69) is 20.9 Å². The van der Waals surface area contributed by atoms with Crippen molar-refractivity contribution in [3.63, 3.8) is 0 Å². The van der Waals surface area contributed by atoms with Crippen molar-refractivity contribution in [1.29, 1.82) is 0 Å². The van der Waals surface area contributed by atoms with Crippen LogP contribution in [0.3, 0.4) is 0 Å². The van der Waals surface area contributed by atoms with E-state index in [1.165, 1.54) is 0 Å². The van der Waals surface area contributed by atoms with E-state index in [4.69, 9.17) is 16.7 Å². The Morgan fingerprint density at radius 3 is 2.64 bits per heavy atom. The van der Waals surface area contributed by atoms with Crippen molar-refractivity contribution in [3.05, 3.63) is 28.0 Å². The summed E-state index contributed by atoms with van der Waals surface area (Å²) in [5.41, 5.74) is 0.352. The maximum Gasteiger partial charge on any atom is 0.280 e. The molecule has 0 saturated heterocycles. The Morgan fingerprint density at radius 1 is 1.57 bits per heavy atom. The smallest absolute Gasteiger partial charge is 0.280 e. The standard InChI is InChI=1S/C8H7BrClF2NO/c9-2-7-4(3-14)5(10)1-6(13-7)8(11)12/h1,8,14H,2-3H2. The van der Waals surface area contributed by atoms with Gasteiger partial charge in [-0.25, -0.2) is 8.78 Å². The zero-order valence-corrected chi connectivity index (χ0v) is 9.32. The van der Waals surface area contributed by atoms with E-state index in [1.54, 1.807) is 0 Å². The average molecular weight is 287 g/mol.